The quantitative estimate of drug-likeness (QED) is 0.228. The van der Waals surface area contributed by atoms with Crippen LogP contribution in [-0.2, 0) is 14.8 Å². The summed E-state index contributed by atoms with van der Waals surface area (Å²) in [4.78, 5) is 17.1. The van der Waals surface area contributed by atoms with E-state index in [9.17, 15) is 13.2 Å². The molecule has 0 aliphatic heterocycles. The molecule has 0 atom stereocenters. The number of aryl methyl sites for hydroxylation is 1. The number of pyridine rings is 1. The van der Waals surface area contributed by atoms with E-state index in [1.807, 2.05) is 60.7 Å². The van der Waals surface area contributed by atoms with Crippen molar-refractivity contribution in [3.8, 4) is 11.1 Å². The summed E-state index contributed by atoms with van der Waals surface area (Å²) in [7, 11) is -3.88. The maximum absolute atomic E-state index is 12.4. The number of hydrogen-bond donors (Lipinski definition) is 1. The Morgan fingerprint density at radius 2 is 1.71 bits per heavy atom. The van der Waals surface area contributed by atoms with Gasteiger partial charge in [0.05, 0.1) is 11.2 Å². The van der Waals surface area contributed by atoms with Crippen molar-refractivity contribution >= 4 is 56.4 Å². The number of carbonyl (C=O) groups is 1. The fourth-order valence-electron chi connectivity index (χ4n) is 4.03. The maximum atomic E-state index is 12.4. The molecule has 2 aromatic heterocycles. The van der Waals surface area contributed by atoms with Gasteiger partial charge >= 0.3 is 0 Å². The molecule has 7 heteroatoms. The molecule has 0 spiro atoms. The lowest BCUT2D eigenvalue weighted by molar-refractivity contribution is -0.114. The highest BCUT2D eigenvalue weighted by Crippen LogP contribution is 2.26. The van der Waals surface area contributed by atoms with Crippen molar-refractivity contribution in [2.45, 2.75) is 11.1 Å². The SMILES string of the molecule is Cc1ccc2ccc(/C=C/c3cccc(-c4ccccc4/C=C/C(=O)NS(=O)(=O)c4cccs4)c3)nc2c1. The molecule has 3 aromatic carbocycles. The van der Waals surface area contributed by atoms with E-state index in [1.54, 1.807) is 17.5 Å². The molecule has 0 bridgehead atoms. The molecule has 5 rings (SSSR count). The smallest absolute Gasteiger partial charge is 0.269 e. The third-order valence-corrected chi connectivity index (χ3v) is 8.63. The fourth-order valence-corrected chi connectivity index (χ4v) is 5.97. The molecule has 1 N–H and O–H groups in total. The van der Waals surface area contributed by atoms with Crippen molar-refractivity contribution in [2.75, 3.05) is 0 Å². The lowest BCUT2D eigenvalue weighted by Gasteiger charge is -2.08. The summed E-state index contributed by atoms with van der Waals surface area (Å²) in [5.74, 6) is -0.706. The Balaban J connectivity index is 1.36. The molecule has 5 aromatic rings. The highest BCUT2D eigenvalue weighted by Gasteiger charge is 2.17. The number of hydrogen-bond acceptors (Lipinski definition) is 5. The first kappa shape index (κ1) is 25.3. The summed E-state index contributed by atoms with van der Waals surface area (Å²) >= 11 is 1.05. The van der Waals surface area contributed by atoms with Crippen LogP contribution in [0.3, 0.4) is 0 Å². The molecule has 0 saturated carbocycles. The molecule has 1 amide bonds. The summed E-state index contributed by atoms with van der Waals surface area (Å²) in [6.45, 7) is 2.06. The van der Waals surface area contributed by atoms with E-state index < -0.39 is 15.9 Å². The molecule has 0 aliphatic carbocycles. The number of thiophene rings is 1. The summed E-state index contributed by atoms with van der Waals surface area (Å²) in [5, 5.41) is 2.75. The minimum absolute atomic E-state index is 0.0959. The predicted molar refractivity (Wildman–Crippen MR) is 156 cm³/mol. The second kappa shape index (κ2) is 11.0. The van der Waals surface area contributed by atoms with Crippen LogP contribution in [0.25, 0.3) is 40.3 Å². The molecule has 0 unspecified atom stereocenters. The van der Waals surface area contributed by atoms with Crippen LogP contribution >= 0.6 is 11.3 Å². The van der Waals surface area contributed by atoms with Crippen molar-refractivity contribution in [1.82, 2.24) is 9.71 Å². The standard InChI is InChI=1S/C31H24N2O3S2/c1-22-11-13-25-14-17-27(32-29(25)20-22)16-12-23-6-4-8-26(21-23)28-9-3-2-7-24(28)15-18-30(34)33-38(35,36)31-10-5-19-37-31/h2-21H,1H3,(H,33,34)/b16-12+,18-15+. The third-order valence-electron chi connectivity index (χ3n) is 5.88. The van der Waals surface area contributed by atoms with Gasteiger partial charge in [-0.25, -0.2) is 18.1 Å². The van der Waals surface area contributed by atoms with E-state index in [0.717, 1.165) is 50.2 Å². The lowest BCUT2D eigenvalue weighted by Crippen LogP contribution is -2.28. The van der Waals surface area contributed by atoms with Gasteiger partial charge in [0.15, 0.2) is 0 Å². The first-order chi connectivity index (χ1) is 18.4. The topological polar surface area (TPSA) is 76.1 Å². The monoisotopic (exact) mass is 536 g/mol. The van der Waals surface area contributed by atoms with Crippen molar-refractivity contribution in [2.24, 2.45) is 0 Å². The molecule has 38 heavy (non-hydrogen) atoms. The second-order valence-corrected chi connectivity index (χ2v) is 11.6. The van der Waals surface area contributed by atoms with Gasteiger partial charge in [-0.05, 0) is 76.5 Å². The Morgan fingerprint density at radius 1 is 0.868 bits per heavy atom. The van der Waals surface area contributed by atoms with Gasteiger partial charge in [0.25, 0.3) is 15.9 Å². The van der Waals surface area contributed by atoms with Crippen LogP contribution < -0.4 is 4.72 Å². The average Bonchev–Trinajstić information content (AvgIpc) is 3.47. The van der Waals surface area contributed by atoms with Gasteiger partial charge in [0.1, 0.15) is 4.21 Å². The highest BCUT2D eigenvalue weighted by molar-refractivity contribution is 7.92. The van der Waals surface area contributed by atoms with Crippen LogP contribution in [0.2, 0.25) is 0 Å². The molecule has 0 radical (unpaired) electrons. The minimum atomic E-state index is -3.88. The Labute approximate surface area is 225 Å². The van der Waals surface area contributed by atoms with Gasteiger partial charge in [-0.2, -0.15) is 0 Å². The number of nitrogens with zero attached hydrogens (tertiary/aromatic N) is 1. The Bertz CT molecular complexity index is 1790. The Hall–Kier alpha value is -4.33. The number of amides is 1. The van der Waals surface area contributed by atoms with Crippen LogP contribution in [0, 0.1) is 6.92 Å². The highest BCUT2D eigenvalue weighted by atomic mass is 32.2. The minimum Gasteiger partial charge on any atom is -0.269 e. The summed E-state index contributed by atoms with van der Waals surface area (Å²) in [6.07, 6.45) is 6.87. The first-order valence-corrected chi connectivity index (χ1v) is 14.3. The number of benzene rings is 3. The van der Waals surface area contributed by atoms with Crippen LogP contribution in [-0.4, -0.2) is 19.3 Å². The van der Waals surface area contributed by atoms with Gasteiger partial charge < -0.3 is 0 Å². The Kier molecular flexibility index (Phi) is 7.31. The van der Waals surface area contributed by atoms with Gasteiger partial charge in [-0.1, -0.05) is 72.8 Å². The zero-order valence-corrected chi connectivity index (χ0v) is 22.2. The number of rotatable bonds is 7. The normalized spacial score (nSPS) is 11.9. The number of aromatic nitrogens is 1. The third kappa shape index (κ3) is 5.96. The number of fused-ring (bicyclic) bond motifs is 1. The van der Waals surface area contributed by atoms with Gasteiger partial charge in [-0.15, -0.1) is 11.3 Å². The second-order valence-electron chi connectivity index (χ2n) is 8.71. The van der Waals surface area contributed by atoms with Crippen LogP contribution in [0.5, 0.6) is 0 Å². The summed E-state index contributed by atoms with van der Waals surface area (Å²) in [5.41, 5.74) is 6.71. The average molecular weight is 537 g/mol. The maximum Gasteiger partial charge on any atom is 0.273 e. The molecule has 5 nitrogen and oxygen atoms in total. The summed E-state index contributed by atoms with van der Waals surface area (Å²) < 4.78 is 26.8. The fraction of sp³-hybridized carbons (Fsp3) is 0.0323. The number of carbonyl (C=O) groups excluding carboxylic acids is 1. The van der Waals surface area contributed by atoms with Crippen LogP contribution in [0.1, 0.15) is 22.4 Å². The van der Waals surface area contributed by atoms with Crippen molar-refractivity contribution in [1.29, 1.82) is 0 Å². The predicted octanol–water partition coefficient (Wildman–Crippen LogP) is 6.96. The van der Waals surface area contributed by atoms with E-state index in [1.165, 1.54) is 17.7 Å². The van der Waals surface area contributed by atoms with Gasteiger partial charge in [0.2, 0.25) is 0 Å². The zero-order chi connectivity index (χ0) is 26.5. The largest absolute Gasteiger partial charge is 0.273 e. The van der Waals surface area contributed by atoms with Crippen molar-refractivity contribution in [3.05, 3.63) is 125 Å². The van der Waals surface area contributed by atoms with Gasteiger partial charge in [0, 0.05) is 11.5 Å². The molecular weight excluding hydrogens is 512 g/mol. The van der Waals surface area contributed by atoms with Crippen LogP contribution in [0.15, 0.2) is 107 Å². The molecule has 0 fully saturated rings. The van der Waals surface area contributed by atoms with E-state index in [4.69, 9.17) is 4.98 Å². The lowest BCUT2D eigenvalue weighted by atomic mass is 9.97. The molecule has 0 saturated heterocycles. The number of sulfonamides is 1. The van der Waals surface area contributed by atoms with Crippen molar-refractivity contribution < 1.29 is 13.2 Å². The van der Waals surface area contributed by atoms with Crippen LogP contribution in [0.4, 0.5) is 0 Å². The molecule has 188 valence electrons. The molecule has 0 aliphatic rings. The van der Waals surface area contributed by atoms with Crippen molar-refractivity contribution in [3.63, 3.8) is 0 Å². The van der Waals surface area contributed by atoms with E-state index in [0.29, 0.717) is 0 Å². The zero-order valence-electron chi connectivity index (χ0n) is 20.5. The van der Waals surface area contributed by atoms with E-state index >= 15 is 0 Å². The van der Waals surface area contributed by atoms with Gasteiger partial charge in [-0.3, -0.25) is 4.79 Å². The Morgan fingerprint density at radius 3 is 2.55 bits per heavy atom. The molecular formula is C31H24N2O3S2. The van der Waals surface area contributed by atoms with E-state index in [-0.39, 0.29) is 4.21 Å². The summed E-state index contributed by atoms with van der Waals surface area (Å²) in [6, 6.07) is 29.1. The van der Waals surface area contributed by atoms with E-state index in [2.05, 4.69) is 42.0 Å². The first-order valence-electron chi connectivity index (χ1n) is 11.9. The number of nitrogens with one attached hydrogen (secondary N) is 1. The molecule has 2 heterocycles.